The van der Waals surface area contributed by atoms with E-state index >= 15 is 0 Å². The maximum atomic E-state index is 12.3. The van der Waals surface area contributed by atoms with Gasteiger partial charge in [0.25, 0.3) is 11.6 Å². The molecule has 154 valence electrons. The molecule has 0 radical (unpaired) electrons. The number of phenolic OH excluding ortho intramolecular Hbond substituents is 1. The minimum atomic E-state index is -0.543. The van der Waals surface area contributed by atoms with Crippen molar-refractivity contribution in [2.24, 2.45) is 0 Å². The number of hydrogen-bond acceptors (Lipinski definition) is 7. The molecule has 31 heavy (non-hydrogen) atoms. The number of thiocarbonyl (C=S) groups is 1. The molecule has 0 unspecified atom stereocenters. The summed E-state index contributed by atoms with van der Waals surface area (Å²) < 4.78 is 1.02. The van der Waals surface area contributed by atoms with Gasteiger partial charge in [-0.15, -0.1) is 11.3 Å². The number of nitro benzene ring substituents is 1. The summed E-state index contributed by atoms with van der Waals surface area (Å²) in [6, 6.07) is 17.8. The number of fused-ring (bicyclic) bond motifs is 1. The average Bonchev–Trinajstić information content (AvgIpc) is 3.17. The minimum Gasteiger partial charge on any atom is -0.507 e. The van der Waals surface area contributed by atoms with Crippen LogP contribution in [0.25, 0.3) is 20.8 Å². The van der Waals surface area contributed by atoms with Crippen LogP contribution in [0.15, 0.2) is 66.7 Å². The SMILES string of the molecule is O=C(NC(=S)Nc1ccc(-c2nc3ccccc3s2)c(O)c1)c1ccc([N+](=O)[O-])cc1. The number of thiazole rings is 1. The van der Waals surface area contributed by atoms with Gasteiger partial charge in [0, 0.05) is 29.4 Å². The van der Waals surface area contributed by atoms with E-state index in [4.69, 9.17) is 12.2 Å². The van der Waals surface area contributed by atoms with Crippen LogP contribution >= 0.6 is 23.6 Å². The predicted octanol–water partition coefficient (Wildman–Crippen LogP) is 4.70. The number of para-hydroxylation sites is 1. The fourth-order valence-electron chi connectivity index (χ4n) is 2.85. The Kier molecular flexibility index (Phi) is 5.56. The molecular weight excluding hydrogens is 436 g/mol. The average molecular weight is 451 g/mol. The van der Waals surface area contributed by atoms with E-state index in [1.807, 2.05) is 24.3 Å². The number of carbonyl (C=O) groups is 1. The van der Waals surface area contributed by atoms with Crippen LogP contribution < -0.4 is 10.6 Å². The van der Waals surface area contributed by atoms with Crippen molar-refractivity contribution in [3.8, 4) is 16.3 Å². The summed E-state index contributed by atoms with van der Waals surface area (Å²) in [5.41, 5.74) is 2.05. The van der Waals surface area contributed by atoms with Gasteiger partial charge in [0.15, 0.2) is 5.11 Å². The molecule has 1 amide bonds. The highest BCUT2D eigenvalue weighted by molar-refractivity contribution is 7.80. The van der Waals surface area contributed by atoms with Crippen molar-refractivity contribution in [2.45, 2.75) is 0 Å². The zero-order chi connectivity index (χ0) is 22.0. The standard InChI is InChI=1S/C21H14N4O4S2/c26-17-11-13(7-10-15(17)20-23-16-3-1-2-4-18(16)31-20)22-21(30)24-19(27)12-5-8-14(9-6-12)25(28)29/h1-11,26H,(H2,22,24,27,30). The molecule has 8 nitrogen and oxygen atoms in total. The summed E-state index contributed by atoms with van der Waals surface area (Å²) >= 11 is 6.63. The summed E-state index contributed by atoms with van der Waals surface area (Å²) in [5, 5.41) is 27.2. The van der Waals surface area contributed by atoms with E-state index in [-0.39, 0.29) is 22.1 Å². The van der Waals surface area contributed by atoms with E-state index < -0.39 is 10.8 Å². The molecule has 1 heterocycles. The number of carbonyl (C=O) groups excluding carboxylic acids is 1. The summed E-state index contributed by atoms with van der Waals surface area (Å²) in [5.74, 6) is -0.490. The second kappa shape index (κ2) is 8.46. The van der Waals surface area contributed by atoms with Crippen LogP contribution in [-0.4, -0.2) is 26.0 Å². The molecule has 0 atom stereocenters. The fourth-order valence-corrected chi connectivity index (χ4v) is 4.06. The Morgan fingerprint density at radius 1 is 1.10 bits per heavy atom. The number of benzene rings is 3. The van der Waals surface area contributed by atoms with Crippen LogP contribution in [0, 0.1) is 10.1 Å². The van der Waals surface area contributed by atoms with Gasteiger partial charge in [0.05, 0.1) is 20.7 Å². The lowest BCUT2D eigenvalue weighted by molar-refractivity contribution is -0.384. The lowest BCUT2D eigenvalue weighted by Crippen LogP contribution is -2.34. The first-order chi connectivity index (χ1) is 14.9. The van der Waals surface area contributed by atoms with E-state index in [1.54, 1.807) is 12.1 Å². The third-order valence-electron chi connectivity index (χ3n) is 4.35. The number of rotatable bonds is 4. The van der Waals surface area contributed by atoms with E-state index in [0.29, 0.717) is 16.3 Å². The number of anilines is 1. The van der Waals surface area contributed by atoms with Crippen molar-refractivity contribution in [3.63, 3.8) is 0 Å². The number of hydrogen-bond donors (Lipinski definition) is 3. The van der Waals surface area contributed by atoms with Crippen LogP contribution in [0.5, 0.6) is 5.75 Å². The number of nitro groups is 1. The molecule has 3 N–H and O–H groups in total. The van der Waals surface area contributed by atoms with E-state index in [0.717, 1.165) is 10.2 Å². The number of nitrogens with zero attached hydrogens (tertiary/aromatic N) is 2. The van der Waals surface area contributed by atoms with Crippen LogP contribution in [0.2, 0.25) is 0 Å². The summed E-state index contributed by atoms with van der Waals surface area (Å²) in [4.78, 5) is 26.9. The molecule has 0 bridgehead atoms. The highest BCUT2D eigenvalue weighted by atomic mass is 32.1. The number of aromatic nitrogens is 1. The number of amides is 1. The van der Waals surface area contributed by atoms with Gasteiger partial charge in [-0.2, -0.15) is 0 Å². The molecular formula is C21H14N4O4S2. The van der Waals surface area contributed by atoms with Gasteiger partial charge in [0.1, 0.15) is 10.8 Å². The maximum Gasteiger partial charge on any atom is 0.269 e. The molecule has 4 rings (SSSR count). The number of nitrogens with one attached hydrogen (secondary N) is 2. The highest BCUT2D eigenvalue weighted by Gasteiger charge is 2.13. The van der Waals surface area contributed by atoms with Crippen molar-refractivity contribution in [1.82, 2.24) is 10.3 Å². The van der Waals surface area contributed by atoms with Crippen LogP contribution in [0.3, 0.4) is 0 Å². The van der Waals surface area contributed by atoms with Gasteiger partial charge in [0.2, 0.25) is 0 Å². The largest absolute Gasteiger partial charge is 0.507 e. The Bertz CT molecular complexity index is 1290. The summed E-state index contributed by atoms with van der Waals surface area (Å²) in [6.45, 7) is 0. The predicted molar refractivity (Wildman–Crippen MR) is 124 cm³/mol. The molecule has 0 spiro atoms. The van der Waals surface area contributed by atoms with Crippen LogP contribution in [0.1, 0.15) is 10.4 Å². The first-order valence-electron chi connectivity index (χ1n) is 8.96. The molecule has 1 aromatic heterocycles. The normalized spacial score (nSPS) is 10.6. The van der Waals surface area contributed by atoms with Gasteiger partial charge in [-0.25, -0.2) is 4.98 Å². The summed E-state index contributed by atoms with van der Waals surface area (Å²) in [7, 11) is 0. The van der Waals surface area contributed by atoms with Crippen LogP contribution in [-0.2, 0) is 0 Å². The topological polar surface area (TPSA) is 117 Å². The smallest absolute Gasteiger partial charge is 0.269 e. The fraction of sp³-hybridized carbons (Fsp3) is 0. The van der Waals surface area contributed by atoms with E-state index in [2.05, 4.69) is 15.6 Å². The van der Waals surface area contributed by atoms with Gasteiger partial charge >= 0.3 is 0 Å². The molecule has 0 aliphatic heterocycles. The van der Waals surface area contributed by atoms with Crippen LogP contribution in [0.4, 0.5) is 11.4 Å². The Balaban J connectivity index is 1.44. The van der Waals surface area contributed by atoms with Gasteiger partial charge in [-0.3, -0.25) is 20.2 Å². The first-order valence-corrected chi connectivity index (χ1v) is 10.2. The Hall–Kier alpha value is -3.89. The molecule has 0 saturated heterocycles. The van der Waals surface area contributed by atoms with E-state index in [9.17, 15) is 20.0 Å². The number of aromatic hydroxyl groups is 1. The van der Waals surface area contributed by atoms with E-state index in [1.165, 1.54) is 41.7 Å². The summed E-state index contributed by atoms with van der Waals surface area (Å²) in [6.07, 6.45) is 0. The van der Waals surface area contributed by atoms with Crippen molar-refractivity contribution in [2.75, 3.05) is 5.32 Å². The maximum absolute atomic E-state index is 12.3. The highest BCUT2D eigenvalue weighted by Crippen LogP contribution is 2.36. The number of non-ortho nitro benzene ring substituents is 1. The monoisotopic (exact) mass is 450 g/mol. The molecule has 4 aromatic rings. The second-order valence-electron chi connectivity index (χ2n) is 6.43. The van der Waals surface area contributed by atoms with Crippen molar-refractivity contribution in [3.05, 3.63) is 82.4 Å². The quantitative estimate of drug-likeness (QED) is 0.234. The zero-order valence-corrected chi connectivity index (χ0v) is 17.4. The van der Waals surface area contributed by atoms with Gasteiger partial charge < -0.3 is 10.4 Å². The number of phenols is 1. The van der Waals surface area contributed by atoms with Gasteiger partial charge in [-0.1, -0.05) is 12.1 Å². The molecule has 0 saturated carbocycles. The minimum absolute atomic E-state index is 0.0218. The second-order valence-corrected chi connectivity index (χ2v) is 7.87. The van der Waals surface area contributed by atoms with Crippen molar-refractivity contribution in [1.29, 1.82) is 0 Å². The van der Waals surface area contributed by atoms with Crippen molar-refractivity contribution < 1.29 is 14.8 Å². The Labute approximate surface area is 185 Å². The Morgan fingerprint density at radius 2 is 1.84 bits per heavy atom. The molecule has 0 aliphatic rings. The lowest BCUT2D eigenvalue weighted by Gasteiger charge is -2.11. The third-order valence-corrected chi connectivity index (χ3v) is 5.62. The zero-order valence-electron chi connectivity index (χ0n) is 15.7. The lowest BCUT2D eigenvalue weighted by atomic mass is 10.2. The molecule has 0 aliphatic carbocycles. The molecule has 0 fully saturated rings. The third kappa shape index (κ3) is 4.49. The first kappa shape index (κ1) is 20.4. The van der Waals surface area contributed by atoms with Crippen molar-refractivity contribution >= 4 is 56.2 Å². The van der Waals surface area contributed by atoms with Gasteiger partial charge in [-0.05, 0) is 48.6 Å². The molecule has 3 aromatic carbocycles. The Morgan fingerprint density at radius 3 is 2.52 bits per heavy atom. The molecule has 10 heteroatoms.